The third-order valence-electron chi connectivity index (χ3n) is 4.96. The zero-order valence-corrected chi connectivity index (χ0v) is 12.6. The summed E-state index contributed by atoms with van der Waals surface area (Å²) in [6, 6.07) is 0.304. The molecule has 3 aliphatic rings. The van der Waals surface area contributed by atoms with Crippen molar-refractivity contribution in [2.45, 2.75) is 45.1 Å². The summed E-state index contributed by atoms with van der Waals surface area (Å²) in [6.45, 7) is 2.74. The number of anilines is 1. The molecule has 0 aromatic carbocycles. The molecule has 4 rings (SSSR count). The van der Waals surface area contributed by atoms with Crippen LogP contribution in [-0.4, -0.2) is 46.4 Å². The maximum Gasteiger partial charge on any atom is 0.280 e. The SMILES string of the molecule is Cc1nc2c([nH]1)C(=O)N(C)C1=N[C@H](C3CCCCC3)CN12. The number of carbonyl (C=O) groups excluding carboxylic acids is 1. The van der Waals surface area contributed by atoms with E-state index in [0.29, 0.717) is 17.7 Å². The quantitative estimate of drug-likeness (QED) is 0.858. The Hall–Kier alpha value is -1.85. The van der Waals surface area contributed by atoms with E-state index in [4.69, 9.17) is 4.99 Å². The lowest BCUT2D eigenvalue weighted by Gasteiger charge is -2.30. The Morgan fingerprint density at radius 1 is 1.24 bits per heavy atom. The van der Waals surface area contributed by atoms with Crippen LogP contribution in [0.2, 0.25) is 0 Å². The van der Waals surface area contributed by atoms with Gasteiger partial charge in [0.25, 0.3) is 5.91 Å². The Balaban J connectivity index is 1.68. The number of imidazole rings is 1. The molecule has 1 saturated carbocycles. The molecule has 3 heterocycles. The molecule has 1 atom stereocenters. The Bertz CT molecular complexity index is 614. The molecule has 0 spiro atoms. The number of hydrogen-bond acceptors (Lipinski definition) is 4. The minimum Gasteiger partial charge on any atom is -0.336 e. The van der Waals surface area contributed by atoms with Gasteiger partial charge >= 0.3 is 0 Å². The number of aromatic amines is 1. The minimum absolute atomic E-state index is 0.0371. The number of guanidine groups is 1. The predicted octanol–water partition coefficient (Wildman–Crippen LogP) is 1.93. The van der Waals surface area contributed by atoms with E-state index < -0.39 is 0 Å². The first-order valence-electron chi connectivity index (χ1n) is 7.85. The molecule has 0 saturated heterocycles. The van der Waals surface area contributed by atoms with Crippen LogP contribution in [0, 0.1) is 12.8 Å². The lowest BCUT2D eigenvalue weighted by Crippen LogP contribution is -2.48. The van der Waals surface area contributed by atoms with E-state index in [1.165, 1.54) is 32.1 Å². The second-order valence-electron chi connectivity index (χ2n) is 6.39. The fourth-order valence-electron chi connectivity index (χ4n) is 3.83. The van der Waals surface area contributed by atoms with E-state index >= 15 is 0 Å². The first kappa shape index (κ1) is 12.9. The van der Waals surface area contributed by atoms with Crippen molar-refractivity contribution in [2.24, 2.45) is 10.9 Å². The van der Waals surface area contributed by atoms with Crippen LogP contribution in [0.3, 0.4) is 0 Å². The number of hydrogen-bond donors (Lipinski definition) is 1. The number of amides is 1. The van der Waals surface area contributed by atoms with Crippen LogP contribution < -0.4 is 4.90 Å². The Labute approximate surface area is 124 Å². The van der Waals surface area contributed by atoms with Crippen LogP contribution in [0.25, 0.3) is 0 Å². The number of H-pyrrole nitrogens is 1. The molecule has 6 heteroatoms. The second-order valence-corrected chi connectivity index (χ2v) is 6.39. The number of carbonyl (C=O) groups is 1. The van der Waals surface area contributed by atoms with Gasteiger partial charge in [-0.15, -0.1) is 0 Å². The summed E-state index contributed by atoms with van der Waals surface area (Å²) in [5.74, 6) is 2.93. The van der Waals surface area contributed by atoms with Gasteiger partial charge in [-0.2, -0.15) is 0 Å². The number of aromatic nitrogens is 2. The fourth-order valence-corrected chi connectivity index (χ4v) is 3.83. The molecule has 0 unspecified atom stereocenters. The molecule has 1 amide bonds. The van der Waals surface area contributed by atoms with Crippen molar-refractivity contribution in [3.8, 4) is 0 Å². The van der Waals surface area contributed by atoms with Crippen LogP contribution in [0.4, 0.5) is 5.82 Å². The summed E-state index contributed by atoms with van der Waals surface area (Å²) in [4.78, 5) is 28.6. The van der Waals surface area contributed by atoms with E-state index in [1.807, 2.05) is 6.92 Å². The summed E-state index contributed by atoms with van der Waals surface area (Å²) in [6.07, 6.45) is 6.50. The third-order valence-corrected chi connectivity index (χ3v) is 4.96. The molecular formula is C15H21N5O. The molecule has 1 fully saturated rings. The number of nitrogens with one attached hydrogen (secondary N) is 1. The highest BCUT2D eigenvalue weighted by molar-refractivity contribution is 6.17. The van der Waals surface area contributed by atoms with Crippen molar-refractivity contribution in [1.29, 1.82) is 0 Å². The molecule has 1 aromatic rings. The molecule has 1 N–H and O–H groups in total. The van der Waals surface area contributed by atoms with E-state index in [9.17, 15) is 4.79 Å². The molecule has 0 radical (unpaired) electrons. The highest BCUT2D eigenvalue weighted by atomic mass is 16.2. The molecule has 2 aliphatic heterocycles. The zero-order valence-electron chi connectivity index (χ0n) is 12.6. The first-order valence-corrected chi connectivity index (χ1v) is 7.85. The molecule has 112 valence electrons. The molecular weight excluding hydrogens is 266 g/mol. The number of fused-ring (bicyclic) bond motifs is 3. The van der Waals surface area contributed by atoms with E-state index in [2.05, 4.69) is 14.9 Å². The lowest BCUT2D eigenvalue weighted by molar-refractivity contribution is 0.0860. The van der Waals surface area contributed by atoms with Gasteiger partial charge in [-0.05, 0) is 25.7 Å². The van der Waals surface area contributed by atoms with Crippen LogP contribution in [0.15, 0.2) is 4.99 Å². The monoisotopic (exact) mass is 287 g/mol. The summed E-state index contributed by atoms with van der Waals surface area (Å²) in [5.41, 5.74) is 0.596. The average molecular weight is 287 g/mol. The van der Waals surface area contributed by atoms with E-state index in [-0.39, 0.29) is 5.91 Å². The van der Waals surface area contributed by atoms with Gasteiger partial charge in [-0.1, -0.05) is 19.3 Å². The predicted molar refractivity (Wildman–Crippen MR) is 80.6 cm³/mol. The normalized spacial score (nSPS) is 25.9. The smallest absolute Gasteiger partial charge is 0.280 e. The number of rotatable bonds is 1. The Morgan fingerprint density at radius 3 is 2.76 bits per heavy atom. The van der Waals surface area contributed by atoms with Crippen LogP contribution >= 0.6 is 0 Å². The van der Waals surface area contributed by atoms with Crippen LogP contribution in [-0.2, 0) is 0 Å². The fraction of sp³-hybridized carbons (Fsp3) is 0.667. The second kappa shape index (κ2) is 4.58. The average Bonchev–Trinajstić information content (AvgIpc) is 3.09. The molecule has 6 nitrogen and oxygen atoms in total. The summed E-state index contributed by atoms with van der Waals surface area (Å²) >= 11 is 0. The molecule has 0 bridgehead atoms. The van der Waals surface area contributed by atoms with Gasteiger partial charge in [0.15, 0.2) is 5.82 Å². The minimum atomic E-state index is -0.0371. The summed E-state index contributed by atoms with van der Waals surface area (Å²) in [5, 5.41) is 0. The first-order chi connectivity index (χ1) is 10.1. The number of nitrogens with zero attached hydrogens (tertiary/aromatic N) is 4. The van der Waals surface area contributed by atoms with Crippen molar-refractivity contribution in [3.63, 3.8) is 0 Å². The van der Waals surface area contributed by atoms with Gasteiger partial charge in [0, 0.05) is 7.05 Å². The van der Waals surface area contributed by atoms with Crippen molar-refractivity contribution >= 4 is 17.7 Å². The maximum atomic E-state index is 12.4. The topological polar surface area (TPSA) is 64.6 Å². The van der Waals surface area contributed by atoms with Crippen molar-refractivity contribution < 1.29 is 4.79 Å². The standard InChI is InChI=1S/C15H21N5O/c1-9-16-12-13(17-9)20-8-11(10-6-4-3-5-7-10)18-15(20)19(2)14(12)21/h10-11H,3-8H2,1-2H3,(H,16,17)/t11-/m0/s1. The number of aryl methyl sites for hydroxylation is 1. The van der Waals surface area contributed by atoms with E-state index in [1.54, 1.807) is 11.9 Å². The van der Waals surface area contributed by atoms with Crippen molar-refractivity contribution in [3.05, 3.63) is 11.5 Å². The largest absolute Gasteiger partial charge is 0.336 e. The summed E-state index contributed by atoms with van der Waals surface area (Å²) in [7, 11) is 1.80. The third kappa shape index (κ3) is 1.88. The van der Waals surface area contributed by atoms with Crippen LogP contribution in [0.1, 0.15) is 48.4 Å². The molecule has 1 aromatic heterocycles. The van der Waals surface area contributed by atoms with Gasteiger partial charge in [-0.3, -0.25) is 14.6 Å². The Kier molecular flexibility index (Phi) is 2.80. The van der Waals surface area contributed by atoms with Gasteiger partial charge in [-0.25, -0.2) is 9.98 Å². The van der Waals surface area contributed by atoms with Gasteiger partial charge in [0.1, 0.15) is 11.5 Å². The van der Waals surface area contributed by atoms with E-state index in [0.717, 1.165) is 24.1 Å². The van der Waals surface area contributed by atoms with Crippen LogP contribution in [0.5, 0.6) is 0 Å². The van der Waals surface area contributed by atoms with Crippen molar-refractivity contribution in [2.75, 3.05) is 18.5 Å². The zero-order chi connectivity index (χ0) is 14.6. The number of aliphatic imine (C=N–C) groups is 1. The Morgan fingerprint density at radius 2 is 2.00 bits per heavy atom. The van der Waals surface area contributed by atoms with Crippen molar-refractivity contribution in [1.82, 2.24) is 14.9 Å². The highest BCUT2D eigenvalue weighted by Gasteiger charge is 2.42. The maximum absolute atomic E-state index is 12.4. The van der Waals surface area contributed by atoms with Gasteiger partial charge in [0.2, 0.25) is 5.96 Å². The molecule has 1 aliphatic carbocycles. The summed E-state index contributed by atoms with van der Waals surface area (Å²) < 4.78 is 0. The highest BCUT2D eigenvalue weighted by Crippen LogP contribution is 2.35. The lowest BCUT2D eigenvalue weighted by atomic mass is 9.84. The van der Waals surface area contributed by atoms with Gasteiger partial charge < -0.3 is 4.98 Å². The molecule has 21 heavy (non-hydrogen) atoms. The van der Waals surface area contributed by atoms with Gasteiger partial charge in [0.05, 0.1) is 12.6 Å².